The van der Waals surface area contributed by atoms with Crippen molar-refractivity contribution in [2.75, 3.05) is 29.1 Å². The maximum absolute atomic E-state index is 13.6. The molecule has 1 aliphatic heterocycles. The van der Waals surface area contributed by atoms with Crippen LogP contribution in [0.3, 0.4) is 0 Å². The van der Waals surface area contributed by atoms with E-state index in [1.807, 2.05) is 6.07 Å². The van der Waals surface area contributed by atoms with Crippen molar-refractivity contribution >= 4 is 35.1 Å². The molecule has 7 nitrogen and oxygen atoms in total. The van der Waals surface area contributed by atoms with Crippen LogP contribution >= 0.6 is 11.8 Å². The van der Waals surface area contributed by atoms with Gasteiger partial charge >= 0.3 is 0 Å². The van der Waals surface area contributed by atoms with Crippen LogP contribution in [0.2, 0.25) is 0 Å². The summed E-state index contributed by atoms with van der Waals surface area (Å²) in [4.78, 5) is 26.4. The Kier molecular flexibility index (Phi) is 6.64. The number of carbonyl (C=O) groups excluding carboxylic acids is 2. The van der Waals surface area contributed by atoms with Gasteiger partial charge in [-0.3, -0.25) is 9.59 Å². The number of amides is 2. The molecule has 1 aromatic carbocycles. The Morgan fingerprint density at radius 1 is 1.13 bits per heavy atom. The van der Waals surface area contributed by atoms with Crippen molar-refractivity contribution in [2.24, 2.45) is 5.92 Å². The van der Waals surface area contributed by atoms with Crippen molar-refractivity contribution < 1.29 is 18.4 Å². The molecule has 2 aliphatic rings. The molecule has 2 aromatic rings. The Hall–Kier alpha value is -2.75. The van der Waals surface area contributed by atoms with Crippen molar-refractivity contribution in [3.05, 3.63) is 42.0 Å². The van der Waals surface area contributed by atoms with Crippen LogP contribution in [0, 0.1) is 17.6 Å². The van der Waals surface area contributed by atoms with E-state index in [4.69, 9.17) is 0 Å². The lowest BCUT2D eigenvalue weighted by atomic mass is 9.97. The molecule has 10 heteroatoms. The molecule has 0 bridgehead atoms. The number of anilines is 2. The molecule has 2 fully saturated rings. The van der Waals surface area contributed by atoms with Crippen LogP contribution in [-0.4, -0.2) is 46.9 Å². The first-order valence-electron chi connectivity index (χ1n) is 10.2. The lowest BCUT2D eigenvalue weighted by molar-refractivity contribution is -0.125. The lowest BCUT2D eigenvalue weighted by Gasteiger charge is -2.32. The summed E-state index contributed by atoms with van der Waals surface area (Å²) in [5.74, 6) is -1.17. The summed E-state index contributed by atoms with van der Waals surface area (Å²) in [6.07, 6.45) is 3.94. The second-order valence-corrected chi connectivity index (χ2v) is 8.75. The van der Waals surface area contributed by atoms with Crippen LogP contribution < -0.4 is 15.5 Å². The lowest BCUT2D eigenvalue weighted by Crippen LogP contribution is -2.44. The van der Waals surface area contributed by atoms with Crippen LogP contribution in [0.1, 0.15) is 25.7 Å². The molecular formula is C21H23F2N5O2S. The number of aromatic nitrogens is 2. The average molecular weight is 448 g/mol. The van der Waals surface area contributed by atoms with Gasteiger partial charge in [0.1, 0.15) is 16.7 Å². The standard InChI is InChI=1S/C21H23F2N5O2S/c22-14-3-6-17(16(23)10-14)25-19(29)12-31-20-8-7-18(26-27-20)28-9-1-2-13(11-28)21(30)24-15-4-5-15/h3,6-8,10,13,15H,1-2,4-5,9,11-12H2,(H,24,30)(H,25,29)/t13-/m0/s1. The molecule has 0 unspecified atom stereocenters. The Morgan fingerprint density at radius 2 is 1.97 bits per heavy atom. The molecule has 164 valence electrons. The second-order valence-electron chi connectivity index (χ2n) is 7.76. The second kappa shape index (κ2) is 9.59. The quantitative estimate of drug-likeness (QED) is 0.635. The van der Waals surface area contributed by atoms with Crippen molar-refractivity contribution in [1.29, 1.82) is 0 Å². The van der Waals surface area contributed by atoms with Crippen molar-refractivity contribution in [2.45, 2.75) is 36.8 Å². The molecule has 1 aliphatic carbocycles. The fourth-order valence-corrected chi connectivity index (χ4v) is 4.04. The van der Waals surface area contributed by atoms with E-state index >= 15 is 0 Å². The largest absolute Gasteiger partial charge is 0.354 e. The highest BCUT2D eigenvalue weighted by molar-refractivity contribution is 7.99. The predicted octanol–water partition coefficient (Wildman–Crippen LogP) is 2.98. The Morgan fingerprint density at radius 3 is 2.68 bits per heavy atom. The third-order valence-corrected chi connectivity index (χ3v) is 6.14. The Bertz CT molecular complexity index is 955. The fraction of sp³-hybridized carbons (Fsp3) is 0.429. The number of nitrogens with zero attached hydrogens (tertiary/aromatic N) is 3. The van der Waals surface area contributed by atoms with Gasteiger partial charge in [0.05, 0.1) is 17.4 Å². The van der Waals surface area contributed by atoms with E-state index in [1.54, 1.807) is 6.07 Å². The normalized spacial score (nSPS) is 18.5. The summed E-state index contributed by atoms with van der Waals surface area (Å²) in [6.45, 7) is 1.44. The van der Waals surface area contributed by atoms with E-state index in [0.717, 1.165) is 38.3 Å². The Labute approximate surface area is 183 Å². The number of halogens is 2. The summed E-state index contributed by atoms with van der Waals surface area (Å²) < 4.78 is 26.6. The van der Waals surface area contributed by atoms with Gasteiger partial charge < -0.3 is 15.5 Å². The first-order chi connectivity index (χ1) is 15.0. The van der Waals surface area contributed by atoms with Crippen molar-refractivity contribution in [3.63, 3.8) is 0 Å². The van der Waals surface area contributed by atoms with E-state index in [-0.39, 0.29) is 23.3 Å². The minimum absolute atomic E-state index is 0.0119. The van der Waals surface area contributed by atoms with E-state index in [0.29, 0.717) is 29.5 Å². The van der Waals surface area contributed by atoms with Gasteiger partial charge in [-0.05, 0) is 49.9 Å². The highest BCUT2D eigenvalue weighted by atomic mass is 32.2. The first-order valence-corrected chi connectivity index (χ1v) is 11.2. The number of hydrogen-bond acceptors (Lipinski definition) is 6. The molecular weight excluding hydrogens is 424 g/mol. The van der Waals surface area contributed by atoms with E-state index in [1.165, 1.54) is 17.8 Å². The number of carbonyl (C=O) groups is 2. The molecule has 1 atom stereocenters. The molecule has 2 heterocycles. The molecule has 0 spiro atoms. The molecule has 31 heavy (non-hydrogen) atoms. The summed E-state index contributed by atoms with van der Waals surface area (Å²) in [5.41, 5.74) is -0.0705. The zero-order valence-electron chi connectivity index (χ0n) is 16.8. The molecule has 2 amide bonds. The smallest absolute Gasteiger partial charge is 0.234 e. The van der Waals surface area contributed by atoms with E-state index in [9.17, 15) is 18.4 Å². The topological polar surface area (TPSA) is 87.2 Å². The predicted molar refractivity (Wildman–Crippen MR) is 114 cm³/mol. The fourth-order valence-electron chi connectivity index (χ4n) is 3.42. The van der Waals surface area contributed by atoms with Crippen LogP contribution in [0.15, 0.2) is 35.4 Å². The number of benzene rings is 1. The van der Waals surface area contributed by atoms with Gasteiger partial charge in [-0.25, -0.2) is 8.78 Å². The SMILES string of the molecule is O=C(CSc1ccc(N2CCC[C@H](C(=O)NC3CC3)C2)nn1)Nc1ccc(F)cc1F. The minimum Gasteiger partial charge on any atom is -0.354 e. The van der Waals surface area contributed by atoms with Gasteiger partial charge in [0.2, 0.25) is 11.8 Å². The molecule has 1 saturated carbocycles. The molecule has 2 N–H and O–H groups in total. The summed E-state index contributed by atoms with van der Waals surface area (Å²) >= 11 is 1.17. The third-order valence-electron chi connectivity index (χ3n) is 5.22. The highest BCUT2D eigenvalue weighted by Crippen LogP contribution is 2.25. The number of nitrogens with one attached hydrogen (secondary N) is 2. The zero-order valence-corrected chi connectivity index (χ0v) is 17.6. The monoisotopic (exact) mass is 447 g/mol. The van der Waals surface area contributed by atoms with Gasteiger partial charge in [0.25, 0.3) is 0 Å². The van der Waals surface area contributed by atoms with Gasteiger partial charge in [-0.2, -0.15) is 0 Å². The molecule has 4 rings (SSSR count). The van der Waals surface area contributed by atoms with E-state index < -0.39 is 17.5 Å². The van der Waals surface area contributed by atoms with Crippen molar-refractivity contribution in [1.82, 2.24) is 15.5 Å². The number of thioether (sulfide) groups is 1. The maximum Gasteiger partial charge on any atom is 0.234 e. The van der Waals surface area contributed by atoms with Gasteiger partial charge in [-0.1, -0.05) is 11.8 Å². The average Bonchev–Trinajstić information content (AvgIpc) is 3.59. The first kappa shape index (κ1) is 21.5. The van der Waals surface area contributed by atoms with Crippen LogP contribution in [0.25, 0.3) is 0 Å². The van der Waals surface area contributed by atoms with Gasteiger partial charge in [-0.15, -0.1) is 10.2 Å². The summed E-state index contributed by atoms with van der Waals surface area (Å²) in [5, 5.41) is 14.4. The highest BCUT2D eigenvalue weighted by Gasteiger charge is 2.30. The van der Waals surface area contributed by atoms with Crippen LogP contribution in [0.4, 0.5) is 20.3 Å². The number of piperidine rings is 1. The zero-order chi connectivity index (χ0) is 21.8. The Balaban J connectivity index is 1.27. The van der Waals surface area contributed by atoms with Crippen LogP contribution in [-0.2, 0) is 9.59 Å². The summed E-state index contributed by atoms with van der Waals surface area (Å²) in [6, 6.07) is 6.93. The minimum atomic E-state index is -0.826. The summed E-state index contributed by atoms with van der Waals surface area (Å²) in [7, 11) is 0. The third kappa shape index (κ3) is 5.90. The number of rotatable bonds is 7. The molecule has 1 aromatic heterocycles. The maximum atomic E-state index is 13.6. The molecule has 1 saturated heterocycles. The van der Waals surface area contributed by atoms with E-state index in [2.05, 4.69) is 25.7 Å². The van der Waals surface area contributed by atoms with Gasteiger partial charge in [0, 0.05) is 25.2 Å². The number of hydrogen-bond donors (Lipinski definition) is 2. The van der Waals surface area contributed by atoms with Crippen LogP contribution in [0.5, 0.6) is 0 Å². The van der Waals surface area contributed by atoms with Crippen molar-refractivity contribution in [3.8, 4) is 0 Å². The van der Waals surface area contributed by atoms with Gasteiger partial charge in [0.15, 0.2) is 5.82 Å². The molecule has 0 radical (unpaired) electrons.